The monoisotopic (exact) mass is 142 g/mol. The Balaban J connectivity index is 2.51. The second-order valence-electron chi connectivity index (χ2n) is 3.60. The maximum atomic E-state index is 11.0. The van der Waals surface area contributed by atoms with E-state index in [0.29, 0.717) is 0 Å². The predicted molar refractivity (Wildman–Crippen MR) is 38.5 cm³/mol. The zero-order valence-electron chi connectivity index (χ0n) is 6.81. The highest BCUT2D eigenvalue weighted by Gasteiger charge is 2.43. The topological polar surface area (TPSA) is 26.3 Å². The van der Waals surface area contributed by atoms with Crippen LogP contribution in [0.3, 0.4) is 0 Å². The van der Waals surface area contributed by atoms with E-state index in [1.165, 1.54) is 7.11 Å². The van der Waals surface area contributed by atoms with E-state index in [0.717, 1.165) is 12.8 Å². The zero-order valence-corrected chi connectivity index (χ0v) is 6.81. The molecule has 2 heteroatoms. The van der Waals surface area contributed by atoms with Gasteiger partial charge in [0.05, 0.1) is 13.0 Å². The molecule has 0 radical (unpaired) electrons. The van der Waals surface area contributed by atoms with Crippen LogP contribution in [0.4, 0.5) is 0 Å². The minimum Gasteiger partial charge on any atom is -0.469 e. The van der Waals surface area contributed by atoms with E-state index >= 15 is 0 Å². The molecule has 1 aliphatic carbocycles. The zero-order chi connectivity index (χ0) is 7.78. The van der Waals surface area contributed by atoms with Crippen molar-refractivity contribution in [3.63, 3.8) is 0 Å². The Labute approximate surface area is 61.6 Å². The Morgan fingerprint density at radius 2 is 2.20 bits per heavy atom. The molecule has 1 unspecified atom stereocenters. The first-order valence-electron chi connectivity index (χ1n) is 3.66. The number of methoxy groups -OCH3 is 1. The molecule has 0 bridgehead atoms. The minimum absolute atomic E-state index is 0.0451. The molecule has 0 saturated heterocycles. The van der Waals surface area contributed by atoms with Gasteiger partial charge in [0.25, 0.3) is 0 Å². The van der Waals surface area contributed by atoms with Crippen molar-refractivity contribution in [2.24, 2.45) is 11.3 Å². The molecule has 2 nitrogen and oxygen atoms in total. The van der Waals surface area contributed by atoms with Gasteiger partial charge in [0.2, 0.25) is 0 Å². The molecule has 0 spiro atoms. The third kappa shape index (κ3) is 1.02. The van der Waals surface area contributed by atoms with E-state index in [1.54, 1.807) is 0 Å². The summed E-state index contributed by atoms with van der Waals surface area (Å²) in [6.45, 7) is 4.22. The first-order chi connectivity index (χ1) is 4.58. The summed E-state index contributed by atoms with van der Waals surface area (Å²) in [4.78, 5) is 11.0. The van der Waals surface area contributed by atoms with Crippen LogP contribution < -0.4 is 0 Å². The van der Waals surface area contributed by atoms with Gasteiger partial charge in [-0.15, -0.1) is 0 Å². The Kier molecular flexibility index (Phi) is 1.71. The van der Waals surface area contributed by atoms with Gasteiger partial charge in [0, 0.05) is 0 Å². The van der Waals surface area contributed by atoms with Gasteiger partial charge in [-0.25, -0.2) is 0 Å². The summed E-state index contributed by atoms with van der Waals surface area (Å²) in [6, 6.07) is 0. The van der Waals surface area contributed by atoms with E-state index in [-0.39, 0.29) is 17.3 Å². The highest BCUT2D eigenvalue weighted by Crippen LogP contribution is 2.46. The summed E-state index contributed by atoms with van der Waals surface area (Å²) < 4.78 is 4.65. The van der Waals surface area contributed by atoms with E-state index in [4.69, 9.17) is 0 Å². The van der Waals surface area contributed by atoms with Crippen molar-refractivity contribution in [3.8, 4) is 0 Å². The van der Waals surface area contributed by atoms with Crippen LogP contribution in [0.15, 0.2) is 0 Å². The van der Waals surface area contributed by atoms with Gasteiger partial charge in [0.1, 0.15) is 0 Å². The summed E-state index contributed by atoms with van der Waals surface area (Å²) >= 11 is 0. The number of carbonyl (C=O) groups is 1. The molecule has 0 heterocycles. The third-order valence-corrected chi connectivity index (χ3v) is 2.51. The quantitative estimate of drug-likeness (QED) is 0.520. The van der Waals surface area contributed by atoms with E-state index < -0.39 is 0 Å². The van der Waals surface area contributed by atoms with Crippen LogP contribution in [0.5, 0.6) is 0 Å². The maximum absolute atomic E-state index is 11.0. The van der Waals surface area contributed by atoms with E-state index in [2.05, 4.69) is 18.6 Å². The van der Waals surface area contributed by atoms with E-state index in [9.17, 15) is 4.79 Å². The molecule has 1 aliphatic rings. The molecule has 0 aromatic rings. The summed E-state index contributed by atoms with van der Waals surface area (Å²) in [6.07, 6.45) is 2.15. The van der Waals surface area contributed by atoms with Crippen LogP contribution in [0.2, 0.25) is 0 Å². The Morgan fingerprint density at radius 1 is 1.60 bits per heavy atom. The molecule has 10 heavy (non-hydrogen) atoms. The van der Waals surface area contributed by atoms with Gasteiger partial charge >= 0.3 is 5.97 Å². The van der Waals surface area contributed by atoms with Crippen LogP contribution in [-0.2, 0) is 9.53 Å². The van der Waals surface area contributed by atoms with Crippen LogP contribution in [0.25, 0.3) is 0 Å². The number of ether oxygens (including phenoxy) is 1. The van der Waals surface area contributed by atoms with Crippen molar-refractivity contribution in [3.05, 3.63) is 0 Å². The Hall–Kier alpha value is -0.530. The number of rotatable bonds is 1. The van der Waals surface area contributed by atoms with Gasteiger partial charge in [-0.3, -0.25) is 4.79 Å². The average molecular weight is 142 g/mol. The Morgan fingerprint density at radius 3 is 2.30 bits per heavy atom. The average Bonchev–Trinajstić information content (AvgIpc) is 1.86. The SMILES string of the molecule is COC(=O)C1CCC1(C)C. The molecule has 0 aromatic carbocycles. The second kappa shape index (κ2) is 2.26. The lowest BCUT2D eigenvalue weighted by molar-refractivity contribution is -0.155. The Bertz CT molecular complexity index is 149. The highest BCUT2D eigenvalue weighted by molar-refractivity contribution is 5.74. The highest BCUT2D eigenvalue weighted by atomic mass is 16.5. The molecule has 1 rings (SSSR count). The van der Waals surface area contributed by atoms with Gasteiger partial charge in [0.15, 0.2) is 0 Å². The fourth-order valence-corrected chi connectivity index (χ4v) is 1.45. The normalized spacial score (nSPS) is 28.9. The van der Waals surface area contributed by atoms with Crippen molar-refractivity contribution in [1.82, 2.24) is 0 Å². The number of carbonyl (C=O) groups excluding carboxylic acids is 1. The van der Waals surface area contributed by atoms with Gasteiger partial charge in [-0.1, -0.05) is 13.8 Å². The van der Waals surface area contributed by atoms with E-state index in [1.807, 2.05) is 0 Å². The van der Waals surface area contributed by atoms with Crippen LogP contribution in [0, 0.1) is 11.3 Å². The molecule has 1 saturated carbocycles. The molecule has 0 N–H and O–H groups in total. The summed E-state index contributed by atoms with van der Waals surface area (Å²) in [7, 11) is 1.46. The summed E-state index contributed by atoms with van der Waals surface area (Å²) in [5.41, 5.74) is 0.188. The van der Waals surface area contributed by atoms with Gasteiger partial charge < -0.3 is 4.74 Å². The fraction of sp³-hybridized carbons (Fsp3) is 0.875. The van der Waals surface area contributed by atoms with Crippen LogP contribution in [0.1, 0.15) is 26.7 Å². The van der Waals surface area contributed by atoms with Crippen LogP contribution in [-0.4, -0.2) is 13.1 Å². The number of esters is 1. The standard InChI is InChI=1S/C8H14O2/c1-8(2)5-4-6(8)7(9)10-3/h6H,4-5H2,1-3H3. The number of hydrogen-bond acceptors (Lipinski definition) is 2. The lowest BCUT2D eigenvalue weighted by Crippen LogP contribution is -2.40. The molecule has 1 fully saturated rings. The molecular weight excluding hydrogens is 128 g/mol. The fourth-order valence-electron chi connectivity index (χ4n) is 1.45. The molecule has 0 amide bonds. The first-order valence-corrected chi connectivity index (χ1v) is 3.66. The lowest BCUT2D eigenvalue weighted by Gasteiger charge is -2.42. The van der Waals surface area contributed by atoms with Crippen molar-refractivity contribution >= 4 is 5.97 Å². The van der Waals surface area contributed by atoms with Gasteiger partial charge in [-0.05, 0) is 18.3 Å². The van der Waals surface area contributed by atoms with Crippen molar-refractivity contribution in [1.29, 1.82) is 0 Å². The van der Waals surface area contributed by atoms with Crippen LogP contribution >= 0.6 is 0 Å². The molecule has 1 atom stereocenters. The minimum atomic E-state index is -0.0451. The summed E-state index contributed by atoms with van der Waals surface area (Å²) in [5, 5.41) is 0. The molecule has 58 valence electrons. The predicted octanol–water partition coefficient (Wildman–Crippen LogP) is 1.60. The van der Waals surface area contributed by atoms with Crippen molar-refractivity contribution < 1.29 is 9.53 Å². The van der Waals surface area contributed by atoms with Gasteiger partial charge in [-0.2, -0.15) is 0 Å². The van der Waals surface area contributed by atoms with Crippen molar-refractivity contribution in [2.75, 3.05) is 7.11 Å². The molecular formula is C8H14O2. The number of hydrogen-bond donors (Lipinski definition) is 0. The largest absolute Gasteiger partial charge is 0.469 e. The maximum Gasteiger partial charge on any atom is 0.309 e. The third-order valence-electron chi connectivity index (χ3n) is 2.51. The molecule has 0 aromatic heterocycles. The smallest absolute Gasteiger partial charge is 0.309 e. The molecule has 0 aliphatic heterocycles. The summed E-state index contributed by atoms with van der Waals surface area (Å²) in [5.74, 6) is 0.105. The lowest BCUT2D eigenvalue weighted by atomic mass is 9.63. The first kappa shape index (κ1) is 7.58. The second-order valence-corrected chi connectivity index (χ2v) is 3.60. The van der Waals surface area contributed by atoms with Crippen molar-refractivity contribution in [2.45, 2.75) is 26.7 Å².